The van der Waals surface area contributed by atoms with E-state index in [1.807, 2.05) is 30.3 Å². The van der Waals surface area contributed by atoms with Crippen LogP contribution in [0.25, 0.3) is 0 Å². The van der Waals surface area contributed by atoms with Crippen molar-refractivity contribution in [1.29, 1.82) is 0 Å². The van der Waals surface area contributed by atoms with Crippen LogP contribution in [0.15, 0.2) is 89.9 Å². The van der Waals surface area contributed by atoms with Crippen molar-refractivity contribution in [2.45, 2.75) is 76.7 Å². The molecule has 0 unspecified atom stereocenters. The van der Waals surface area contributed by atoms with Crippen LogP contribution < -0.4 is 15.2 Å². The molecule has 3 heterocycles. The van der Waals surface area contributed by atoms with Gasteiger partial charge in [-0.3, -0.25) is 9.69 Å². The third-order valence-corrected chi connectivity index (χ3v) is 10.8. The number of anilines is 1. The predicted octanol–water partition coefficient (Wildman–Crippen LogP) is 7.73. The first-order valence-corrected chi connectivity index (χ1v) is 20.3. The summed E-state index contributed by atoms with van der Waals surface area (Å²) < 4.78 is 55.6. The fraction of sp³-hybridized carbons (Fsp3) is 0.405. The zero-order chi connectivity index (χ0) is 33.9. The summed E-state index contributed by atoms with van der Waals surface area (Å²) in [6.07, 6.45) is -1.95. The monoisotopic (exact) mass is 676 g/mol. The summed E-state index contributed by atoms with van der Waals surface area (Å²) in [7, 11) is -1.39. The first kappa shape index (κ1) is 33.9. The van der Waals surface area contributed by atoms with Gasteiger partial charge >= 0.3 is 6.18 Å². The molecule has 2 aliphatic rings. The van der Waals surface area contributed by atoms with Crippen LogP contribution in [0.5, 0.6) is 5.75 Å². The van der Waals surface area contributed by atoms with Crippen LogP contribution in [0.1, 0.15) is 46.7 Å². The topological polar surface area (TPSA) is 59.8 Å². The van der Waals surface area contributed by atoms with Gasteiger partial charge in [0, 0.05) is 40.9 Å². The lowest BCUT2D eigenvalue weighted by Crippen LogP contribution is -2.40. The highest BCUT2D eigenvalue weighted by molar-refractivity contribution is 6.76. The summed E-state index contributed by atoms with van der Waals surface area (Å²) in [5.41, 5.74) is 1.68. The van der Waals surface area contributed by atoms with E-state index in [2.05, 4.69) is 78.2 Å². The van der Waals surface area contributed by atoms with Crippen LogP contribution in [0.2, 0.25) is 25.7 Å². The highest BCUT2D eigenvalue weighted by atomic mass is 28.3. The summed E-state index contributed by atoms with van der Waals surface area (Å²) in [6.45, 7) is 8.82. The Hall–Kier alpha value is -3.93. The van der Waals surface area contributed by atoms with Crippen LogP contribution in [-0.4, -0.2) is 48.6 Å². The van der Waals surface area contributed by atoms with Crippen molar-refractivity contribution in [1.82, 2.24) is 14.7 Å². The average molecular weight is 677 g/mol. The zero-order valence-electron chi connectivity index (χ0n) is 27.7. The second-order valence-corrected chi connectivity index (χ2v) is 19.5. The maximum absolute atomic E-state index is 14.3. The Balaban J connectivity index is 1.11. The molecule has 1 fully saturated rings. The molecule has 1 saturated heterocycles. The van der Waals surface area contributed by atoms with Gasteiger partial charge in [-0.1, -0.05) is 86.4 Å². The van der Waals surface area contributed by atoms with Gasteiger partial charge in [-0.25, -0.2) is 4.68 Å². The number of rotatable bonds is 11. The lowest BCUT2D eigenvalue weighted by Gasteiger charge is -2.38. The molecule has 0 amide bonds. The summed E-state index contributed by atoms with van der Waals surface area (Å²) in [4.78, 5) is 17.1. The first-order chi connectivity index (χ1) is 23.0. The Kier molecular flexibility index (Phi) is 10.1. The highest BCUT2D eigenvalue weighted by Gasteiger charge is 2.40. The second kappa shape index (κ2) is 14.3. The van der Waals surface area contributed by atoms with Crippen molar-refractivity contribution in [3.05, 3.63) is 123 Å². The normalized spacial score (nSPS) is 16.0. The largest absolute Gasteiger partial charge is 0.490 e. The molecule has 4 aromatic rings. The standard InChI is InChI=1S/C37H43F3N4O3Si/c1-48(2,3)21-20-46-26-44-36(45)34(37(38,39)40)33(23-41-44)43-24-29-14-15-32(22-30(29)25-43)47-31-16-18-42(19-17-31)35(27-10-6-4-7-11-27)28-12-8-5-9-13-28/h4-15,22-23,31,35H,16-21,24-26H2,1-3H3. The molecule has 6 rings (SSSR count). The second-order valence-electron chi connectivity index (χ2n) is 13.9. The van der Waals surface area contributed by atoms with Crippen LogP contribution in [0.3, 0.4) is 0 Å². The first-order valence-electron chi connectivity index (χ1n) is 16.6. The van der Waals surface area contributed by atoms with Crippen molar-refractivity contribution in [3.63, 3.8) is 0 Å². The van der Waals surface area contributed by atoms with E-state index >= 15 is 0 Å². The number of likely N-dealkylation sites (tertiary alicyclic amines) is 1. The number of hydrogen-bond acceptors (Lipinski definition) is 6. The van der Waals surface area contributed by atoms with E-state index in [4.69, 9.17) is 9.47 Å². The van der Waals surface area contributed by atoms with E-state index in [0.717, 1.165) is 54.0 Å². The fourth-order valence-corrected chi connectivity index (χ4v) is 7.31. The maximum atomic E-state index is 14.3. The third kappa shape index (κ3) is 8.02. The van der Waals surface area contributed by atoms with E-state index in [-0.39, 0.29) is 37.7 Å². The summed E-state index contributed by atoms with van der Waals surface area (Å²) in [5, 5.41) is 4.07. The van der Waals surface area contributed by atoms with Crippen molar-refractivity contribution >= 4 is 13.8 Å². The van der Waals surface area contributed by atoms with Gasteiger partial charge in [0.05, 0.1) is 17.9 Å². The van der Waals surface area contributed by atoms with Crippen LogP contribution in [0, 0.1) is 0 Å². The fourth-order valence-electron chi connectivity index (χ4n) is 6.55. The van der Waals surface area contributed by atoms with Crippen LogP contribution in [-0.2, 0) is 30.7 Å². The molecule has 11 heteroatoms. The molecule has 0 spiro atoms. The van der Waals surface area contributed by atoms with E-state index < -0.39 is 25.4 Å². The van der Waals surface area contributed by atoms with Crippen LogP contribution in [0.4, 0.5) is 18.9 Å². The molecule has 0 atom stereocenters. The SMILES string of the molecule is C[Si](C)(C)CCOCn1ncc(N2Cc3ccc(OC4CCN(C(c5ccccc5)c5ccccc5)CC4)cc3C2)c(C(F)(F)F)c1=O. The quantitative estimate of drug-likeness (QED) is 0.120. The minimum absolute atomic E-state index is 0.0330. The van der Waals surface area contributed by atoms with Crippen molar-refractivity contribution in [2.75, 3.05) is 24.6 Å². The van der Waals surface area contributed by atoms with Gasteiger partial charge in [-0.15, -0.1) is 0 Å². The molecular weight excluding hydrogens is 634 g/mol. The molecule has 0 N–H and O–H groups in total. The number of alkyl halides is 3. The number of halogens is 3. The van der Waals surface area contributed by atoms with Gasteiger partial charge in [0.1, 0.15) is 24.1 Å². The molecule has 0 aliphatic carbocycles. The van der Waals surface area contributed by atoms with Crippen LogP contribution >= 0.6 is 0 Å². The Labute approximate surface area is 280 Å². The van der Waals surface area contributed by atoms with Crippen molar-refractivity contribution < 1.29 is 22.6 Å². The van der Waals surface area contributed by atoms with Crippen molar-refractivity contribution in [3.8, 4) is 5.75 Å². The zero-order valence-corrected chi connectivity index (χ0v) is 28.7. The number of hydrogen-bond donors (Lipinski definition) is 0. The molecule has 3 aromatic carbocycles. The van der Waals surface area contributed by atoms with Gasteiger partial charge in [0.2, 0.25) is 0 Å². The van der Waals surface area contributed by atoms with E-state index in [9.17, 15) is 18.0 Å². The highest BCUT2D eigenvalue weighted by Crippen LogP contribution is 2.38. The molecule has 1 aromatic heterocycles. The number of nitrogens with zero attached hydrogens (tertiary/aromatic N) is 4. The smallest absolute Gasteiger partial charge is 0.423 e. The van der Waals surface area contributed by atoms with E-state index in [1.54, 1.807) is 4.90 Å². The number of benzene rings is 3. The lowest BCUT2D eigenvalue weighted by molar-refractivity contribution is -0.138. The number of ether oxygens (including phenoxy) is 2. The molecule has 254 valence electrons. The molecule has 48 heavy (non-hydrogen) atoms. The minimum atomic E-state index is -4.84. The Morgan fingerprint density at radius 2 is 1.52 bits per heavy atom. The Bertz CT molecular complexity index is 1700. The van der Waals surface area contributed by atoms with E-state index in [0.29, 0.717) is 12.4 Å². The lowest BCUT2D eigenvalue weighted by atomic mass is 9.94. The summed E-state index contributed by atoms with van der Waals surface area (Å²) >= 11 is 0. The van der Waals surface area contributed by atoms with Gasteiger partial charge in [0.15, 0.2) is 0 Å². The summed E-state index contributed by atoms with van der Waals surface area (Å²) in [5.74, 6) is 0.705. The Morgan fingerprint density at radius 1 is 0.896 bits per heavy atom. The average Bonchev–Trinajstić information content (AvgIpc) is 3.48. The van der Waals surface area contributed by atoms with Crippen molar-refractivity contribution in [2.24, 2.45) is 0 Å². The number of fused-ring (bicyclic) bond motifs is 1. The van der Waals surface area contributed by atoms with Gasteiger partial charge < -0.3 is 14.4 Å². The van der Waals surface area contributed by atoms with Gasteiger partial charge in [-0.05, 0) is 53.3 Å². The Morgan fingerprint density at radius 3 is 2.12 bits per heavy atom. The minimum Gasteiger partial charge on any atom is -0.490 e. The summed E-state index contributed by atoms with van der Waals surface area (Å²) in [6, 6.07) is 27.8. The molecule has 0 saturated carbocycles. The molecule has 2 aliphatic heterocycles. The van der Waals surface area contributed by atoms with Gasteiger partial charge in [-0.2, -0.15) is 18.3 Å². The predicted molar refractivity (Wildman–Crippen MR) is 184 cm³/mol. The molecule has 0 bridgehead atoms. The molecular formula is C37H43F3N4O3Si. The number of piperidine rings is 1. The molecule has 0 radical (unpaired) electrons. The maximum Gasteiger partial charge on any atom is 0.423 e. The number of aromatic nitrogens is 2. The molecule has 7 nitrogen and oxygen atoms in total. The van der Waals surface area contributed by atoms with Gasteiger partial charge in [0.25, 0.3) is 5.56 Å². The van der Waals surface area contributed by atoms with E-state index in [1.165, 1.54) is 11.1 Å². The third-order valence-electron chi connectivity index (χ3n) is 9.13.